The third kappa shape index (κ3) is 3.44. The number of hydrogen-bond acceptors (Lipinski definition) is 1. The summed E-state index contributed by atoms with van der Waals surface area (Å²) in [6.07, 6.45) is 0. The first-order chi connectivity index (χ1) is 9.06. The summed E-state index contributed by atoms with van der Waals surface area (Å²) in [5.74, 6) is -0.0308. The van der Waals surface area contributed by atoms with Crippen molar-refractivity contribution in [2.45, 2.75) is 26.8 Å². The van der Waals surface area contributed by atoms with E-state index in [0.717, 1.165) is 11.1 Å². The first-order valence-corrected chi connectivity index (χ1v) is 6.50. The van der Waals surface area contributed by atoms with Crippen LogP contribution in [0.15, 0.2) is 48.5 Å². The summed E-state index contributed by atoms with van der Waals surface area (Å²) in [5, 5.41) is 3.02. The molecule has 0 unspecified atom stereocenters. The van der Waals surface area contributed by atoms with E-state index in [-0.39, 0.29) is 11.9 Å². The van der Waals surface area contributed by atoms with Crippen LogP contribution in [0, 0.1) is 13.8 Å². The summed E-state index contributed by atoms with van der Waals surface area (Å²) in [6.45, 7) is 6.04. The highest BCUT2D eigenvalue weighted by molar-refractivity contribution is 5.94. The number of aryl methyl sites for hydroxylation is 2. The zero-order valence-corrected chi connectivity index (χ0v) is 11.6. The second-order valence-corrected chi connectivity index (χ2v) is 4.98. The van der Waals surface area contributed by atoms with E-state index in [0.29, 0.717) is 5.56 Å². The maximum Gasteiger partial charge on any atom is 0.251 e. The van der Waals surface area contributed by atoms with Gasteiger partial charge in [-0.1, -0.05) is 47.5 Å². The lowest BCUT2D eigenvalue weighted by molar-refractivity contribution is 0.0940. The molecule has 2 nitrogen and oxygen atoms in total. The van der Waals surface area contributed by atoms with E-state index in [1.807, 2.05) is 38.1 Å². The summed E-state index contributed by atoms with van der Waals surface area (Å²) >= 11 is 0. The van der Waals surface area contributed by atoms with E-state index in [2.05, 4.69) is 36.5 Å². The molecule has 2 rings (SSSR count). The molecule has 0 aromatic heterocycles. The van der Waals surface area contributed by atoms with Crippen molar-refractivity contribution in [3.8, 4) is 0 Å². The lowest BCUT2D eigenvalue weighted by Gasteiger charge is -2.14. The van der Waals surface area contributed by atoms with E-state index >= 15 is 0 Å². The average molecular weight is 253 g/mol. The molecule has 2 aromatic carbocycles. The summed E-state index contributed by atoms with van der Waals surface area (Å²) in [5.41, 5.74) is 4.14. The monoisotopic (exact) mass is 253 g/mol. The Kier molecular flexibility index (Phi) is 4.00. The summed E-state index contributed by atoms with van der Waals surface area (Å²) in [7, 11) is 0. The van der Waals surface area contributed by atoms with Gasteiger partial charge in [0, 0.05) is 5.56 Å². The average Bonchev–Trinajstić information content (AvgIpc) is 2.39. The fourth-order valence-corrected chi connectivity index (χ4v) is 2.00. The molecule has 0 spiro atoms. The predicted molar refractivity (Wildman–Crippen MR) is 78.2 cm³/mol. The zero-order chi connectivity index (χ0) is 13.8. The highest BCUT2D eigenvalue weighted by Gasteiger charge is 2.11. The first-order valence-electron chi connectivity index (χ1n) is 6.50. The van der Waals surface area contributed by atoms with E-state index in [1.54, 1.807) is 0 Å². The van der Waals surface area contributed by atoms with Crippen LogP contribution in [0.4, 0.5) is 0 Å². The topological polar surface area (TPSA) is 29.1 Å². The summed E-state index contributed by atoms with van der Waals surface area (Å²) in [4.78, 5) is 12.1. The van der Waals surface area contributed by atoms with Crippen LogP contribution >= 0.6 is 0 Å². The number of carbonyl (C=O) groups excluding carboxylic acids is 1. The van der Waals surface area contributed by atoms with Crippen molar-refractivity contribution >= 4 is 5.91 Å². The molecule has 19 heavy (non-hydrogen) atoms. The van der Waals surface area contributed by atoms with Crippen molar-refractivity contribution in [2.24, 2.45) is 0 Å². The quantitative estimate of drug-likeness (QED) is 0.885. The molecule has 0 aliphatic carbocycles. The number of amides is 1. The van der Waals surface area contributed by atoms with Crippen LogP contribution in [0.3, 0.4) is 0 Å². The molecule has 0 radical (unpaired) electrons. The standard InChI is InChI=1S/C17H19NO/c1-12-7-9-15(10-8-12)14(3)18-17(19)16-6-4-5-13(2)11-16/h4-11,14H,1-3H3,(H,18,19)/t14-/m0/s1. The first kappa shape index (κ1) is 13.3. The smallest absolute Gasteiger partial charge is 0.251 e. The molecule has 0 bridgehead atoms. The molecule has 2 aromatic rings. The van der Waals surface area contributed by atoms with E-state index < -0.39 is 0 Å². The Labute approximate surface area is 114 Å². The van der Waals surface area contributed by atoms with Crippen molar-refractivity contribution in [1.82, 2.24) is 5.32 Å². The molecule has 0 heterocycles. The Hall–Kier alpha value is -2.09. The normalized spacial score (nSPS) is 11.9. The van der Waals surface area contributed by atoms with Crippen molar-refractivity contribution in [3.63, 3.8) is 0 Å². The molecular weight excluding hydrogens is 234 g/mol. The fourth-order valence-electron chi connectivity index (χ4n) is 2.00. The minimum atomic E-state index is -0.0308. The molecule has 2 heteroatoms. The van der Waals surface area contributed by atoms with Gasteiger partial charge in [0.15, 0.2) is 0 Å². The third-order valence-electron chi connectivity index (χ3n) is 3.21. The maximum absolute atomic E-state index is 12.1. The molecule has 0 saturated carbocycles. The Balaban J connectivity index is 2.08. The molecule has 1 N–H and O–H groups in total. The van der Waals surface area contributed by atoms with Crippen molar-refractivity contribution in [1.29, 1.82) is 0 Å². The number of carbonyl (C=O) groups is 1. The van der Waals surface area contributed by atoms with Crippen LogP contribution in [-0.2, 0) is 0 Å². The van der Waals surface area contributed by atoms with Gasteiger partial charge in [0.2, 0.25) is 0 Å². The lowest BCUT2D eigenvalue weighted by atomic mass is 10.1. The van der Waals surface area contributed by atoms with Gasteiger partial charge in [-0.25, -0.2) is 0 Å². The summed E-state index contributed by atoms with van der Waals surface area (Å²) in [6, 6.07) is 15.9. The van der Waals surface area contributed by atoms with Gasteiger partial charge < -0.3 is 5.32 Å². The lowest BCUT2D eigenvalue weighted by Crippen LogP contribution is -2.26. The van der Waals surface area contributed by atoms with Crippen LogP contribution in [0.2, 0.25) is 0 Å². The molecule has 0 aliphatic rings. The molecule has 0 saturated heterocycles. The maximum atomic E-state index is 12.1. The van der Waals surface area contributed by atoms with Gasteiger partial charge in [-0.05, 0) is 38.5 Å². The predicted octanol–water partition coefficient (Wildman–Crippen LogP) is 3.79. The minimum absolute atomic E-state index is 0.00797. The van der Waals surface area contributed by atoms with Crippen molar-refractivity contribution in [2.75, 3.05) is 0 Å². The van der Waals surface area contributed by atoms with Gasteiger partial charge in [0.25, 0.3) is 5.91 Å². The van der Waals surface area contributed by atoms with Gasteiger partial charge in [0.1, 0.15) is 0 Å². The van der Waals surface area contributed by atoms with Crippen LogP contribution in [0.5, 0.6) is 0 Å². The Morgan fingerprint density at radius 1 is 1.00 bits per heavy atom. The van der Waals surface area contributed by atoms with Crippen LogP contribution in [0.1, 0.15) is 40.0 Å². The summed E-state index contributed by atoms with van der Waals surface area (Å²) < 4.78 is 0. The van der Waals surface area contributed by atoms with Gasteiger partial charge in [0.05, 0.1) is 6.04 Å². The molecular formula is C17H19NO. The number of hydrogen-bond donors (Lipinski definition) is 1. The number of rotatable bonds is 3. The minimum Gasteiger partial charge on any atom is -0.346 e. The Morgan fingerprint density at radius 3 is 2.32 bits per heavy atom. The molecule has 0 fully saturated rings. The second kappa shape index (κ2) is 5.70. The van der Waals surface area contributed by atoms with Crippen molar-refractivity contribution < 1.29 is 4.79 Å². The van der Waals surface area contributed by atoms with Gasteiger partial charge in [-0.15, -0.1) is 0 Å². The van der Waals surface area contributed by atoms with Crippen LogP contribution in [-0.4, -0.2) is 5.91 Å². The van der Waals surface area contributed by atoms with E-state index in [4.69, 9.17) is 0 Å². The third-order valence-corrected chi connectivity index (χ3v) is 3.21. The van der Waals surface area contributed by atoms with Gasteiger partial charge >= 0.3 is 0 Å². The Bertz CT molecular complexity index is 572. The zero-order valence-electron chi connectivity index (χ0n) is 11.6. The van der Waals surface area contributed by atoms with Crippen molar-refractivity contribution in [3.05, 3.63) is 70.8 Å². The van der Waals surface area contributed by atoms with Gasteiger partial charge in [-0.2, -0.15) is 0 Å². The van der Waals surface area contributed by atoms with E-state index in [1.165, 1.54) is 5.56 Å². The SMILES string of the molecule is Cc1ccc([C@H](C)NC(=O)c2cccc(C)c2)cc1. The molecule has 0 aliphatic heterocycles. The Morgan fingerprint density at radius 2 is 1.68 bits per heavy atom. The second-order valence-electron chi connectivity index (χ2n) is 4.98. The molecule has 98 valence electrons. The van der Waals surface area contributed by atoms with E-state index in [9.17, 15) is 4.79 Å². The van der Waals surface area contributed by atoms with Crippen LogP contribution in [0.25, 0.3) is 0 Å². The molecule has 1 amide bonds. The number of benzene rings is 2. The van der Waals surface area contributed by atoms with Gasteiger partial charge in [-0.3, -0.25) is 4.79 Å². The highest BCUT2D eigenvalue weighted by Crippen LogP contribution is 2.14. The number of nitrogens with one attached hydrogen (secondary N) is 1. The molecule has 1 atom stereocenters. The van der Waals surface area contributed by atoms with Crippen LogP contribution < -0.4 is 5.32 Å². The largest absolute Gasteiger partial charge is 0.346 e. The fraction of sp³-hybridized carbons (Fsp3) is 0.235. The highest BCUT2D eigenvalue weighted by atomic mass is 16.1.